The summed E-state index contributed by atoms with van der Waals surface area (Å²) in [5, 5.41) is 6.07. The third kappa shape index (κ3) is 4.49. The number of carbonyl (C=O) groups is 1. The first-order valence-corrected chi connectivity index (χ1v) is 10.7. The van der Waals surface area contributed by atoms with Gasteiger partial charge in [-0.3, -0.25) is 14.2 Å². The predicted octanol–water partition coefficient (Wildman–Crippen LogP) is 2.56. The van der Waals surface area contributed by atoms with E-state index in [1.54, 1.807) is 17.0 Å². The van der Waals surface area contributed by atoms with Gasteiger partial charge in [0.25, 0.3) is 5.56 Å². The van der Waals surface area contributed by atoms with Gasteiger partial charge in [0.05, 0.1) is 0 Å². The van der Waals surface area contributed by atoms with Gasteiger partial charge in [-0.25, -0.2) is 9.97 Å². The lowest BCUT2D eigenvalue weighted by atomic mass is 10.1. The van der Waals surface area contributed by atoms with Crippen molar-refractivity contribution < 1.29 is 4.79 Å². The van der Waals surface area contributed by atoms with Gasteiger partial charge in [0.2, 0.25) is 5.91 Å². The molecule has 0 saturated heterocycles. The molecule has 0 fully saturated rings. The van der Waals surface area contributed by atoms with E-state index in [-0.39, 0.29) is 17.3 Å². The van der Waals surface area contributed by atoms with Crippen molar-refractivity contribution in [3.05, 3.63) is 80.5 Å². The van der Waals surface area contributed by atoms with Gasteiger partial charge in [0.15, 0.2) is 5.82 Å². The van der Waals surface area contributed by atoms with Crippen LogP contribution < -0.4 is 21.9 Å². The lowest BCUT2D eigenvalue weighted by Crippen LogP contribution is -2.36. The third-order valence-electron chi connectivity index (χ3n) is 5.75. The van der Waals surface area contributed by atoms with Crippen LogP contribution in [0.2, 0.25) is 0 Å². The highest BCUT2D eigenvalue weighted by molar-refractivity contribution is 5.81. The second-order valence-corrected chi connectivity index (χ2v) is 8.44. The fourth-order valence-corrected chi connectivity index (χ4v) is 4.22. The van der Waals surface area contributed by atoms with Gasteiger partial charge in [0, 0.05) is 31.2 Å². The lowest BCUT2D eigenvalue weighted by molar-refractivity contribution is -0.124. The minimum absolute atomic E-state index is 0.188. The van der Waals surface area contributed by atoms with E-state index in [2.05, 4.69) is 38.8 Å². The van der Waals surface area contributed by atoms with E-state index in [4.69, 9.17) is 5.73 Å². The molecule has 1 amide bonds. The largest absolute Gasteiger partial charge is 0.383 e. The molecule has 1 aliphatic rings. The van der Waals surface area contributed by atoms with E-state index in [1.165, 1.54) is 11.1 Å². The number of aryl methyl sites for hydroxylation is 4. The van der Waals surface area contributed by atoms with Crippen molar-refractivity contribution in [1.29, 1.82) is 0 Å². The molecule has 3 aromatic rings. The first-order chi connectivity index (χ1) is 15.3. The molecule has 32 heavy (non-hydrogen) atoms. The van der Waals surface area contributed by atoms with Crippen LogP contribution in [-0.2, 0) is 24.3 Å². The number of benzene rings is 1. The number of nitrogens with two attached hydrogens (primary N) is 1. The first kappa shape index (κ1) is 21.5. The minimum atomic E-state index is -0.551. The summed E-state index contributed by atoms with van der Waals surface area (Å²) >= 11 is 0. The highest BCUT2D eigenvalue weighted by Gasteiger charge is 2.30. The monoisotopic (exact) mass is 432 g/mol. The number of anilines is 2. The van der Waals surface area contributed by atoms with Crippen LogP contribution in [0.5, 0.6) is 0 Å². The molecule has 166 valence electrons. The van der Waals surface area contributed by atoms with E-state index in [1.807, 2.05) is 26.8 Å². The summed E-state index contributed by atoms with van der Waals surface area (Å²) in [6.45, 7) is 6.79. The Kier molecular flexibility index (Phi) is 5.94. The average molecular weight is 433 g/mol. The minimum Gasteiger partial charge on any atom is -0.383 e. The fraction of sp³-hybridized carbons (Fsp3) is 0.333. The molecule has 1 atom stereocenters. The van der Waals surface area contributed by atoms with Crippen LogP contribution in [0.25, 0.3) is 0 Å². The van der Waals surface area contributed by atoms with Crippen LogP contribution in [0.15, 0.2) is 41.5 Å². The highest BCUT2D eigenvalue weighted by atomic mass is 16.2. The van der Waals surface area contributed by atoms with Gasteiger partial charge >= 0.3 is 0 Å². The van der Waals surface area contributed by atoms with Gasteiger partial charge in [-0.15, -0.1) is 0 Å². The molecule has 0 aliphatic carbocycles. The molecule has 4 rings (SSSR count). The topological polar surface area (TPSA) is 115 Å². The van der Waals surface area contributed by atoms with Gasteiger partial charge in [-0.05, 0) is 56.4 Å². The maximum absolute atomic E-state index is 13.1. The summed E-state index contributed by atoms with van der Waals surface area (Å²) in [7, 11) is 0. The lowest BCUT2D eigenvalue weighted by Gasteiger charge is -2.16. The normalized spacial score (nSPS) is 14.8. The zero-order chi connectivity index (χ0) is 22.8. The quantitative estimate of drug-likeness (QED) is 0.551. The third-order valence-corrected chi connectivity index (χ3v) is 5.75. The van der Waals surface area contributed by atoms with E-state index in [0.29, 0.717) is 31.7 Å². The number of nitrogens with one attached hydrogen (secondary N) is 2. The van der Waals surface area contributed by atoms with Crippen LogP contribution in [0.3, 0.4) is 0 Å². The molecular formula is C24H28N6O2. The Morgan fingerprint density at radius 1 is 1.06 bits per heavy atom. The van der Waals surface area contributed by atoms with E-state index in [0.717, 1.165) is 22.4 Å². The van der Waals surface area contributed by atoms with Crippen LogP contribution in [-0.4, -0.2) is 20.4 Å². The van der Waals surface area contributed by atoms with Gasteiger partial charge in [-0.2, -0.15) is 0 Å². The molecule has 0 spiro atoms. The number of nitrogen functional groups attached to an aromatic ring is 1. The number of amides is 1. The van der Waals surface area contributed by atoms with Gasteiger partial charge in [-0.1, -0.05) is 29.3 Å². The molecule has 4 N–H and O–H groups in total. The molecule has 0 radical (unpaired) electrons. The molecule has 8 heteroatoms. The van der Waals surface area contributed by atoms with Crippen LogP contribution in [0.1, 0.15) is 46.0 Å². The van der Waals surface area contributed by atoms with Crippen molar-refractivity contribution in [1.82, 2.24) is 19.9 Å². The van der Waals surface area contributed by atoms with Crippen LogP contribution in [0.4, 0.5) is 11.6 Å². The number of rotatable bonds is 6. The van der Waals surface area contributed by atoms with Crippen molar-refractivity contribution in [2.24, 2.45) is 0 Å². The summed E-state index contributed by atoms with van der Waals surface area (Å²) in [5.41, 5.74) is 11.4. The van der Waals surface area contributed by atoms with Crippen molar-refractivity contribution in [3.63, 3.8) is 0 Å². The van der Waals surface area contributed by atoms with Crippen molar-refractivity contribution >= 4 is 17.5 Å². The van der Waals surface area contributed by atoms with Gasteiger partial charge in [0.1, 0.15) is 11.9 Å². The van der Waals surface area contributed by atoms with Crippen molar-refractivity contribution in [2.75, 3.05) is 11.1 Å². The second-order valence-electron chi connectivity index (χ2n) is 8.44. The number of fused-ring (bicyclic) bond motifs is 1. The Hall–Kier alpha value is -3.68. The molecule has 8 nitrogen and oxygen atoms in total. The number of nitrogens with zero attached hydrogens (tertiary/aromatic N) is 3. The standard InChI is InChI=1S/C24H28N6O2/c1-14-6-15(2)8-17(7-14)10-27-22-24(32)30-19(13-28-22)4-5-20(30)23(31)29-12-18-9-16(3)21(25)26-11-18/h6-9,11,13,20H,4-5,10,12H2,1-3H3,(H2,25,26)(H,27,28)(H,29,31). The summed E-state index contributed by atoms with van der Waals surface area (Å²) in [4.78, 5) is 34.5. The Bertz CT molecular complexity index is 1210. The number of hydrogen-bond acceptors (Lipinski definition) is 6. The number of carbonyl (C=O) groups excluding carboxylic acids is 1. The zero-order valence-corrected chi connectivity index (χ0v) is 18.6. The number of aromatic nitrogens is 3. The second kappa shape index (κ2) is 8.82. The van der Waals surface area contributed by atoms with E-state index >= 15 is 0 Å². The predicted molar refractivity (Wildman–Crippen MR) is 124 cm³/mol. The number of hydrogen-bond donors (Lipinski definition) is 3. The van der Waals surface area contributed by atoms with E-state index < -0.39 is 6.04 Å². The highest BCUT2D eigenvalue weighted by Crippen LogP contribution is 2.24. The molecule has 3 heterocycles. The molecule has 0 saturated carbocycles. The molecule has 0 bridgehead atoms. The SMILES string of the molecule is Cc1cc(C)cc(CNc2ncc3n(c2=O)C(C(=O)NCc2cnc(N)c(C)c2)CC3)c1. The molecule has 1 unspecified atom stereocenters. The van der Waals surface area contributed by atoms with Gasteiger partial charge < -0.3 is 16.4 Å². The maximum Gasteiger partial charge on any atom is 0.294 e. The Balaban J connectivity index is 1.48. The summed E-state index contributed by atoms with van der Waals surface area (Å²) in [6.07, 6.45) is 4.55. The number of pyridine rings is 1. The molecular weight excluding hydrogens is 404 g/mol. The molecule has 1 aliphatic heterocycles. The smallest absolute Gasteiger partial charge is 0.294 e. The summed E-state index contributed by atoms with van der Waals surface area (Å²) in [6, 6.07) is 7.61. The summed E-state index contributed by atoms with van der Waals surface area (Å²) < 4.78 is 1.57. The molecule has 1 aromatic carbocycles. The van der Waals surface area contributed by atoms with Crippen molar-refractivity contribution in [3.8, 4) is 0 Å². The van der Waals surface area contributed by atoms with Crippen LogP contribution in [0, 0.1) is 20.8 Å². The van der Waals surface area contributed by atoms with Crippen molar-refractivity contribution in [2.45, 2.75) is 52.7 Å². The summed E-state index contributed by atoms with van der Waals surface area (Å²) in [5.74, 6) is 0.544. The van der Waals surface area contributed by atoms with Crippen LogP contribution >= 0.6 is 0 Å². The first-order valence-electron chi connectivity index (χ1n) is 10.7. The average Bonchev–Trinajstić information content (AvgIpc) is 3.18. The fourth-order valence-electron chi connectivity index (χ4n) is 4.22. The van der Waals surface area contributed by atoms with E-state index in [9.17, 15) is 9.59 Å². The Labute approximate surface area is 186 Å². The zero-order valence-electron chi connectivity index (χ0n) is 18.6. The maximum atomic E-state index is 13.1. The Morgan fingerprint density at radius 3 is 2.53 bits per heavy atom. The molecule has 2 aromatic heterocycles. The Morgan fingerprint density at radius 2 is 1.81 bits per heavy atom.